The highest BCUT2D eigenvalue weighted by molar-refractivity contribution is 6.42. The number of ketones is 2. The minimum Gasteiger partial charge on any atom is -0.298 e. The van der Waals surface area contributed by atoms with Gasteiger partial charge in [-0.3, -0.25) is 9.59 Å². The van der Waals surface area contributed by atoms with Crippen LogP contribution in [0.25, 0.3) is 0 Å². The first-order valence-electron chi connectivity index (χ1n) is 2.52. The van der Waals surface area contributed by atoms with Crippen molar-refractivity contribution in [2.24, 2.45) is 0 Å². The Morgan fingerprint density at radius 1 is 1.36 bits per heavy atom. The second kappa shape index (κ2) is 3.21. The first-order chi connectivity index (χ1) is 4.76. The molecular weight excluding hydrogens is 184 g/mol. The van der Waals surface area contributed by atoms with Gasteiger partial charge in [0.15, 0.2) is 11.2 Å². The quantitative estimate of drug-likeness (QED) is 0.484. The fourth-order valence-corrected chi connectivity index (χ4v) is 0.452. The average molecular weight is 189 g/mol. The van der Waals surface area contributed by atoms with Gasteiger partial charge in [0.2, 0.25) is 0 Å². The number of rotatable bonds is 2. The monoisotopic (exact) mass is 188 g/mol. The lowest BCUT2D eigenvalue weighted by atomic mass is 10.2. The maximum Gasteiger partial charge on any atom is 0.452 e. The normalized spacial score (nSPS) is 14.3. The highest BCUT2D eigenvalue weighted by Gasteiger charge is 2.44. The Kier molecular flexibility index (Phi) is 3.04. The van der Waals surface area contributed by atoms with E-state index in [0.717, 1.165) is 6.92 Å². The summed E-state index contributed by atoms with van der Waals surface area (Å²) in [6.45, 7) is 0.821. The summed E-state index contributed by atoms with van der Waals surface area (Å²) in [4.78, 5) is 20.3. The Labute approximate surface area is 65.3 Å². The van der Waals surface area contributed by atoms with Gasteiger partial charge in [-0.2, -0.15) is 13.2 Å². The van der Waals surface area contributed by atoms with Crippen LogP contribution < -0.4 is 0 Å². The standard InChI is InChI=1S/C5H4ClF3O2/c1-2(10)3(6)4(11)5(7,8)9/h3H,1H3. The third kappa shape index (κ3) is 2.88. The van der Waals surface area contributed by atoms with E-state index < -0.39 is 23.1 Å². The van der Waals surface area contributed by atoms with Crippen LogP contribution in [0.15, 0.2) is 0 Å². The van der Waals surface area contributed by atoms with Crippen molar-refractivity contribution in [3.05, 3.63) is 0 Å². The fourth-order valence-electron chi connectivity index (χ4n) is 0.328. The van der Waals surface area contributed by atoms with E-state index in [0.29, 0.717) is 0 Å². The van der Waals surface area contributed by atoms with Crippen molar-refractivity contribution in [3.63, 3.8) is 0 Å². The third-order valence-corrected chi connectivity index (χ3v) is 1.37. The van der Waals surface area contributed by atoms with Crippen molar-refractivity contribution in [1.29, 1.82) is 0 Å². The maximum atomic E-state index is 11.5. The summed E-state index contributed by atoms with van der Waals surface area (Å²) in [7, 11) is 0. The Morgan fingerprint density at radius 2 is 1.73 bits per heavy atom. The number of halogens is 4. The van der Waals surface area contributed by atoms with Crippen LogP contribution in [-0.2, 0) is 9.59 Å². The molecule has 0 fully saturated rings. The van der Waals surface area contributed by atoms with Gasteiger partial charge in [0.05, 0.1) is 0 Å². The van der Waals surface area contributed by atoms with E-state index in [1.54, 1.807) is 0 Å². The largest absolute Gasteiger partial charge is 0.452 e. The molecule has 1 unspecified atom stereocenters. The maximum absolute atomic E-state index is 11.5. The molecule has 6 heteroatoms. The number of hydrogen-bond acceptors (Lipinski definition) is 2. The molecule has 0 aliphatic heterocycles. The molecule has 0 amide bonds. The Bertz CT molecular complexity index is 187. The van der Waals surface area contributed by atoms with Gasteiger partial charge in [-0.05, 0) is 6.92 Å². The highest BCUT2D eigenvalue weighted by Crippen LogP contribution is 2.20. The summed E-state index contributed by atoms with van der Waals surface area (Å²) in [5.74, 6) is -3.22. The third-order valence-electron chi connectivity index (χ3n) is 0.866. The van der Waals surface area contributed by atoms with Gasteiger partial charge >= 0.3 is 6.18 Å². The van der Waals surface area contributed by atoms with E-state index >= 15 is 0 Å². The summed E-state index contributed by atoms with van der Waals surface area (Å²) in [5.41, 5.74) is 0. The lowest BCUT2D eigenvalue weighted by Gasteiger charge is -2.06. The molecule has 64 valence electrons. The molecule has 0 N–H and O–H groups in total. The molecule has 1 atom stereocenters. The topological polar surface area (TPSA) is 34.1 Å². The van der Waals surface area contributed by atoms with Gasteiger partial charge in [0.25, 0.3) is 5.78 Å². The van der Waals surface area contributed by atoms with Crippen LogP contribution in [0.4, 0.5) is 13.2 Å². The van der Waals surface area contributed by atoms with Crippen molar-refractivity contribution in [3.8, 4) is 0 Å². The van der Waals surface area contributed by atoms with Crippen LogP contribution in [0, 0.1) is 0 Å². The number of carbonyl (C=O) groups excluding carboxylic acids is 2. The molecule has 2 nitrogen and oxygen atoms in total. The smallest absolute Gasteiger partial charge is 0.298 e. The number of hydrogen-bond donors (Lipinski definition) is 0. The van der Waals surface area contributed by atoms with Crippen molar-refractivity contribution in [2.75, 3.05) is 0 Å². The second-order valence-corrected chi connectivity index (χ2v) is 2.27. The molecule has 0 aliphatic rings. The van der Waals surface area contributed by atoms with Gasteiger partial charge in [0, 0.05) is 0 Å². The van der Waals surface area contributed by atoms with Gasteiger partial charge in [0.1, 0.15) is 0 Å². The molecular formula is C5H4ClF3O2. The van der Waals surface area contributed by atoms with Crippen molar-refractivity contribution in [1.82, 2.24) is 0 Å². The van der Waals surface area contributed by atoms with Gasteiger partial charge in [-0.1, -0.05) is 0 Å². The Morgan fingerprint density at radius 3 is 1.82 bits per heavy atom. The van der Waals surface area contributed by atoms with E-state index in [1.807, 2.05) is 0 Å². The summed E-state index contributed by atoms with van der Waals surface area (Å²) in [6.07, 6.45) is -5.03. The predicted molar refractivity (Wildman–Crippen MR) is 31.4 cm³/mol. The van der Waals surface area contributed by atoms with Gasteiger partial charge < -0.3 is 0 Å². The van der Waals surface area contributed by atoms with Crippen LogP contribution in [0.3, 0.4) is 0 Å². The molecule has 0 aromatic rings. The van der Waals surface area contributed by atoms with Gasteiger partial charge in [-0.25, -0.2) is 0 Å². The van der Waals surface area contributed by atoms with Crippen LogP contribution >= 0.6 is 11.6 Å². The lowest BCUT2D eigenvalue weighted by molar-refractivity contribution is -0.171. The summed E-state index contributed by atoms with van der Waals surface area (Å²) >= 11 is 4.83. The predicted octanol–water partition coefficient (Wildman–Crippen LogP) is 1.31. The Hall–Kier alpha value is -0.580. The molecule has 0 aromatic heterocycles. The second-order valence-electron chi connectivity index (χ2n) is 1.84. The van der Waals surface area contributed by atoms with Crippen LogP contribution in [0.1, 0.15) is 6.92 Å². The first kappa shape index (κ1) is 10.4. The molecule has 0 saturated carbocycles. The van der Waals surface area contributed by atoms with E-state index in [9.17, 15) is 22.8 Å². The minimum absolute atomic E-state index is 0.821. The van der Waals surface area contributed by atoms with Crippen molar-refractivity contribution < 1.29 is 22.8 Å². The van der Waals surface area contributed by atoms with Crippen LogP contribution in [-0.4, -0.2) is 23.1 Å². The van der Waals surface area contributed by atoms with Gasteiger partial charge in [-0.15, -0.1) is 11.6 Å². The number of carbonyl (C=O) groups is 2. The zero-order valence-corrected chi connectivity index (χ0v) is 6.16. The number of alkyl halides is 4. The summed E-state index contributed by atoms with van der Waals surface area (Å²) in [5, 5.41) is -2.10. The zero-order chi connectivity index (χ0) is 9.23. The highest BCUT2D eigenvalue weighted by atomic mass is 35.5. The molecule has 0 heterocycles. The molecule has 0 rings (SSSR count). The lowest BCUT2D eigenvalue weighted by Crippen LogP contribution is -2.35. The molecule has 0 bridgehead atoms. The van der Waals surface area contributed by atoms with Crippen LogP contribution in [0.2, 0.25) is 0 Å². The van der Waals surface area contributed by atoms with Crippen molar-refractivity contribution in [2.45, 2.75) is 18.5 Å². The van der Waals surface area contributed by atoms with E-state index in [1.165, 1.54) is 0 Å². The average Bonchev–Trinajstić information content (AvgIpc) is 1.82. The molecule has 0 saturated heterocycles. The van der Waals surface area contributed by atoms with E-state index in [4.69, 9.17) is 11.6 Å². The molecule has 11 heavy (non-hydrogen) atoms. The SMILES string of the molecule is CC(=O)C(Cl)C(=O)C(F)(F)F. The fraction of sp³-hybridized carbons (Fsp3) is 0.600. The molecule has 0 radical (unpaired) electrons. The number of Topliss-reactive ketones (excluding diaryl/α,β-unsaturated/α-hetero) is 2. The zero-order valence-electron chi connectivity index (χ0n) is 5.41. The first-order valence-corrected chi connectivity index (χ1v) is 2.96. The molecule has 0 spiro atoms. The van der Waals surface area contributed by atoms with Crippen molar-refractivity contribution >= 4 is 23.2 Å². The molecule has 0 aromatic carbocycles. The minimum atomic E-state index is -5.03. The summed E-state index contributed by atoms with van der Waals surface area (Å²) < 4.78 is 34.4. The van der Waals surface area contributed by atoms with Crippen LogP contribution in [0.5, 0.6) is 0 Å². The van der Waals surface area contributed by atoms with E-state index in [-0.39, 0.29) is 0 Å². The Balaban J connectivity index is 4.39. The molecule has 0 aliphatic carbocycles. The summed E-state index contributed by atoms with van der Waals surface area (Å²) in [6, 6.07) is 0. The van der Waals surface area contributed by atoms with E-state index in [2.05, 4.69) is 0 Å².